The first-order chi connectivity index (χ1) is 22.9. The molecular weight excluding hydrogens is 743 g/mol. The lowest BCUT2D eigenvalue weighted by molar-refractivity contribution is -0.138. The number of nitrogens with zero attached hydrogens (tertiary/aromatic N) is 2. The number of thiazole rings is 1. The van der Waals surface area contributed by atoms with Crippen molar-refractivity contribution in [1.82, 2.24) is 4.57 Å². The van der Waals surface area contributed by atoms with Gasteiger partial charge in [-0.15, -0.1) is 11.8 Å². The molecule has 47 heavy (non-hydrogen) atoms. The highest BCUT2D eigenvalue weighted by atomic mass is 127. The van der Waals surface area contributed by atoms with Crippen molar-refractivity contribution < 1.29 is 19.0 Å². The highest BCUT2D eigenvalue weighted by Gasteiger charge is 2.35. The molecule has 1 atom stereocenters. The number of esters is 1. The van der Waals surface area contributed by atoms with E-state index in [9.17, 15) is 9.59 Å². The van der Waals surface area contributed by atoms with Crippen LogP contribution in [0.1, 0.15) is 35.2 Å². The molecule has 0 bridgehead atoms. The van der Waals surface area contributed by atoms with Crippen LogP contribution in [0.5, 0.6) is 11.5 Å². The van der Waals surface area contributed by atoms with Crippen LogP contribution >= 0.6 is 45.7 Å². The predicted molar refractivity (Wildman–Crippen MR) is 196 cm³/mol. The summed E-state index contributed by atoms with van der Waals surface area (Å²) in [5.41, 5.74) is 3.95. The summed E-state index contributed by atoms with van der Waals surface area (Å²) in [6.07, 6.45) is 3.84. The SMILES string of the molecule is CCOC(=O)C1=C(c2ccccc2)N=c2s/c(=C\c3cc(I)c(OCc4ccccc4)c(OC)c3)c(=O)n2[C@H]1c1ccc(SC)cc1. The quantitative estimate of drug-likeness (QED) is 0.0879. The summed E-state index contributed by atoms with van der Waals surface area (Å²) in [5.74, 6) is 0.694. The molecule has 0 fully saturated rings. The second-order valence-electron chi connectivity index (χ2n) is 10.5. The van der Waals surface area contributed by atoms with Crippen LogP contribution in [0.3, 0.4) is 0 Å². The monoisotopic (exact) mass is 774 g/mol. The lowest BCUT2D eigenvalue weighted by Gasteiger charge is -2.26. The topological polar surface area (TPSA) is 79.1 Å². The van der Waals surface area contributed by atoms with Crippen molar-refractivity contribution in [3.8, 4) is 11.5 Å². The van der Waals surface area contributed by atoms with Crippen molar-refractivity contribution in [1.29, 1.82) is 0 Å². The third-order valence-electron chi connectivity index (χ3n) is 7.58. The second kappa shape index (κ2) is 14.7. The van der Waals surface area contributed by atoms with Gasteiger partial charge in [0.2, 0.25) is 0 Å². The van der Waals surface area contributed by atoms with E-state index in [2.05, 4.69) is 22.6 Å². The van der Waals surface area contributed by atoms with Gasteiger partial charge in [0.05, 0.1) is 39.1 Å². The Labute approximate surface area is 294 Å². The third-order valence-corrected chi connectivity index (χ3v) is 10.1. The number of carbonyl (C=O) groups is 1. The second-order valence-corrected chi connectivity index (χ2v) is 13.6. The van der Waals surface area contributed by atoms with Crippen molar-refractivity contribution >= 4 is 63.4 Å². The van der Waals surface area contributed by atoms with Gasteiger partial charge in [0.1, 0.15) is 6.61 Å². The molecule has 5 aromatic rings. The Morgan fingerprint density at radius 1 is 1.02 bits per heavy atom. The smallest absolute Gasteiger partial charge is 0.338 e. The Morgan fingerprint density at radius 3 is 2.38 bits per heavy atom. The Hall–Kier alpha value is -4.13. The fourth-order valence-corrected chi connectivity index (χ4v) is 7.58. The summed E-state index contributed by atoms with van der Waals surface area (Å²) in [6.45, 7) is 2.36. The van der Waals surface area contributed by atoms with Crippen LogP contribution in [-0.2, 0) is 16.1 Å². The van der Waals surface area contributed by atoms with Crippen molar-refractivity contribution in [3.63, 3.8) is 0 Å². The van der Waals surface area contributed by atoms with E-state index in [4.69, 9.17) is 19.2 Å². The molecule has 1 aromatic heterocycles. The van der Waals surface area contributed by atoms with E-state index in [1.165, 1.54) is 11.3 Å². The first kappa shape index (κ1) is 32.8. The number of thioether (sulfide) groups is 1. The zero-order valence-electron chi connectivity index (χ0n) is 25.9. The van der Waals surface area contributed by atoms with Gasteiger partial charge >= 0.3 is 5.97 Å². The largest absolute Gasteiger partial charge is 0.493 e. The highest BCUT2D eigenvalue weighted by molar-refractivity contribution is 14.1. The maximum absolute atomic E-state index is 14.3. The van der Waals surface area contributed by atoms with Crippen LogP contribution in [0.2, 0.25) is 0 Å². The summed E-state index contributed by atoms with van der Waals surface area (Å²) in [6, 6.07) is 30.5. The molecule has 0 amide bonds. The van der Waals surface area contributed by atoms with Crippen molar-refractivity contribution in [2.24, 2.45) is 4.99 Å². The molecule has 1 aliphatic heterocycles. The predicted octanol–water partition coefficient (Wildman–Crippen LogP) is 6.85. The number of fused-ring (bicyclic) bond motifs is 1. The Morgan fingerprint density at radius 2 is 1.72 bits per heavy atom. The molecule has 6 rings (SSSR count). The van der Waals surface area contributed by atoms with Crippen LogP contribution in [-0.4, -0.2) is 30.5 Å². The number of hydrogen-bond donors (Lipinski definition) is 0. The molecule has 10 heteroatoms. The van der Waals surface area contributed by atoms with E-state index < -0.39 is 12.0 Å². The molecule has 0 saturated carbocycles. The van der Waals surface area contributed by atoms with E-state index >= 15 is 0 Å². The van der Waals surface area contributed by atoms with E-state index in [-0.39, 0.29) is 12.2 Å². The van der Waals surface area contributed by atoms with Gasteiger partial charge in [-0.25, -0.2) is 9.79 Å². The maximum Gasteiger partial charge on any atom is 0.338 e. The molecule has 7 nitrogen and oxygen atoms in total. The van der Waals surface area contributed by atoms with Gasteiger partial charge in [-0.1, -0.05) is 84.1 Å². The average molecular weight is 775 g/mol. The third kappa shape index (κ3) is 6.95. The van der Waals surface area contributed by atoms with Crippen LogP contribution in [0.4, 0.5) is 0 Å². The maximum atomic E-state index is 14.3. The molecule has 0 saturated heterocycles. The first-order valence-electron chi connectivity index (χ1n) is 14.9. The van der Waals surface area contributed by atoms with Crippen molar-refractivity contribution in [2.75, 3.05) is 20.0 Å². The van der Waals surface area contributed by atoms with Gasteiger partial charge in [0.25, 0.3) is 5.56 Å². The molecule has 238 valence electrons. The molecule has 0 aliphatic carbocycles. The van der Waals surface area contributed by atoms with Crippen LogP contribution < -0.4 is 24.4 Å². The van der Waals surface area contributed by atoms with Crippen LogP contribution in [0, 0.1) is 3.57 Å². The van der Waals surface area contributed by atoms with E-state index in [0.717, 1.165) is 30.7 Å². The summed E-state index contributed by atoms with van der Waals surface area (Å²) in [7, 11) is 1.60. The summed E-state index contributed by atoms with van der Waals surface area (Å²) in [5, 5.41) is 0. The molecule has 1 aliphatic rings. The molecular formula is C37H31IN2O5S2. The van der Waals surface area contributed by atoms with Gasteiger partial charge in [0.15, 0.2) is 16.3 Å². The average Bonchev–Trinajstić information content (AvgIpc) is 3.41. The molecule has 0 spiro atoms. The number of hydrogen-bond acceptors (Lipinski definition) is 8. The lowest BCUT2D eigenvalue weighted by Crippen LogP contribution is -2.40. The standard InChI is InChI=1S/C37H31IN2O5S2/c1-4-44-36(42)31-32(25-13-9-6-10-14-25)39-37-40(33(31)26-15-17-27(46-3)18-16-26)35(41)30(47-37)21-24-19-28(38)34(29(20-24)43-2)45-22-23-11-7-5-8-12-23/h5-21,33H,4,22H2,1-3H3/b30-21-/t33-/m0/s1. The van der Waals surface area contributed by atoms with Crippen LogP contribution in [0.25, 0.3) is 11.8 Å². The number of carbonyl (C=O) groups excluding carboxylic acids is 1. The molecule has 0 N–H and O–H groups in total. The fourth-order valence-electron chi connectivity index (χ4n) is 5.39. The number of rotatable bonds is 10. The minimum absolute atomic E-state index is 0.193. The van der Waals surface area contributed by atoms with Gasteiger partial charge in [0, 0.05) is 10.5 Å². The highest BCUT2D eigenvalue weighted by Crippen LogP contribution is 2.37. The van der Waals surface area contributed by atoms with Gasteiger partial charge in [-0.2, -0.15) is 0 Å². The molecule has 0 unspecified atom stereocenters. The first-order valence-corrected chi connectivity index (χ1v) is 18.0. The summed E-state index contributed by atoms with van der Waals surface area (Å²) >= 11 is 5.13. The normalized spacial score (nSPS) is 14.4. The summed E-state index contributed by atoms with van der Waals surface area (Å²) in [4.78, 5) is 34.5. The van der Waals surface area contributed by atoms with Gasteiger partial charge < -0.3 is 14.2 Å². The number of methoxy groups -OCH3 is 1. The van der Waals surface area contributed by atoms with E-state index in [0.29, 0.717) is 38.7 Å². The number of ether oxygens (including phenoxy) is 3. The van der Waals surface area contributed by atoms with Crippen LogP contribution in [0.15, 0.2) is 117 Å². The zero-order valence-corrected chi connectivity index (χ0v) is 29.7. The van der Waals surface area contributed by atoms with Gasteiger partial charge in [-0.05, 0) is 82.8 Å². The Balaban J connectivity index is 1.50. The molecule has 4 aromatic carbocycles. The fraction of sp³-hybridized carbons (Fsp3) is 0.162. The van der Waals surface area contributed by atoms with Crippen molar-refractivity contribution in [2.45, 2.75) is 24.5 Å². The lowest BCUT2D eigenvalue weighted by atomic mass is 9.93. The Kier molecular flexibility index (Phi) is 10.3. The van der Waals surface area contributed by atoms with E-state index in [1.54, 1.807) is 30.4 Å². The molecule has 2 heterocycles. The molecule has 0 radical (unpaired) electrons. The van der Waals surface area contributed by atoms with E-state index in [1.807, 2.05) is 109 Å². The number of aromatic nitrogens is 1. The zero-order chi connectivity index (χ0) is 32.9. The number of benzene rings is 4. The van der Waals surface area contributed by atoms with Gasteiger partial charge in [-0.3, -0.25) is 9.36 Å². The minimum atomic E-state index is -0.734. The Bertz CT molecular complexity index is 2130. The minimum Gasteiger partial charge on any atom is -0.493 e. The number of halogens is 1. The summed E-state index contributed by atoms with van der Waals surface area (Å²) < 4.78 is 20.4. The van der Waals surface area contributed by atoms with Crippen molar-refractivity contribution in [3.05, 3.63) is 148 Å².